The van der Waals surface area contributed by atoms with Crippen LogP contribution in [0.2, 0.25) is 0 Å². The van der Waals surface area contributed by atoms with Gasteiger partial charge in [0.2, 0.25) is 0 Å². The molecule has 0 aliphatic carbocycles. The number of carbonyl (C=O) groups excluding carboxylic acids is 1. The molecule has 0 radical (unpaired) electrons. The van der Waals surface area contributed by atoms with Gasteiger partial charge in [0.15, 0.2) is 0 Å². The first-order valence-electron chi connectivity index (χ1n) is 7.16. The Morgan fingerprint density at radius 2 is 1.95 bits per heavy atom. The fraction of sp³-hybridized carbons (Fsp3) is 0.167. The minimum absolute atomic E-state index is 0.00911. The second kappa shape index (κ2) is 5.93. The van der Waals surface area contributed by atoms with E-state index in [0.29, 0.717) is 12.1 Å². The van der Waals surface area contributed by atoms with E-state index in [1.54, 1.807) is 18.1 Å². The first-order valence-corrected chi connectivity index (χ1v) is 7.16. The van der Waals surface area contributed by atoms with Gasteiger partial charge in [0.05, 0.1) is 12.7 Å². The maximum atomic E-state index is 12.8. The van der Waals surface area contributed by atoms with Gasteiger partial charge in [-0.3, -0.25) is 4.79 Å². The predicted octanol–water partition coefficient (Wildman–Crippen LogP) is 3.45. The molecule has 0 saturated heterocycles. The van der Waals surface area contributed by atoms with E-state index in [2.05, 4.69) is 11.9 Å². The molecule has 4 nitrogen and oxygen atoms in total. The zero-order valence-corrected chi connectivity index (χ0v) is 12.5. The molecule has 1 amide bonds. The fourth-order valence-electron chi connectivity index (χ4n) is 2.76. The van der Waals surface area contributed by atoms with Crippen molar-refractivity contribution in [1.82, 2.24) is 4.90 Å². The van der Waals surface area contributed by atoms with Crippen LogP contribution in [0.25, 0.3) is 0 Å². The number of carbonyl (C=O) groups is 1. The molecule has 1 aliphatic heterocycles. The Bertz CT molecular complexity index is 712. The van der Waals surface area contributed by atoms with Crippen LogP contribution >= 0.6 is 0 Å². The minimum Gasteiger partial charge on any atom is -0.496 e. The molecule has 3 rings (SSSR count). The number of methoxy groups -OCH3 is 1. The molecule has 2 aromatic rings. The highest BCUT2D eigenvalue weighted by atomic mass is 16.5. The lowest BCUT2D eigenvalue weighted by Crippen LogP contribution is -2.43. The third-order valence-electron chi connectivity index (χ3n) is 3.78. The number of anilines is 1. The molecular weight excluding hydrogens is 276 g/mol. The van der Waals surface area contributed by atoms with Crippen molar-refractivity contribution in [1.29, 1.82) is 0 Å². The Labute approximate surface area is 130 Å². The number of fused-ring (bicyclic) bond motifs is 1. The largest absolute Gasteiger partial charge is 0.496 e. The molecule has 22 heavy (non-hydrogen) atoms. The summed E-state index contributed by atoms with van der Waals surface area (Å²) < 4.78 is 5.44. The summed E-state index contributed by atoms with van der Waals surface area (Å²) in [4.78, 5) is 14.5. The number of ether oxygens (including phenoxy) is 1. The van der Waals surface area contributed by atoms with Gasteiger partial charge in [-0.05, 0) is 18.2 Å². The molecule has 4 heteroatoms. The van der Waals surface area contributed by atoms with E-state index in [-0.39, 0.29) is 12.1 Å². The summed E-state index contributed by atoms with van der Waals surface area (Å²) in [6.07, 6.45) is 1.45. The molecule has 0 saturated carbocycles. The fourth-order valence-corrected chi connectivity index (χ4v) is 2.76. The second-order valence-electron chi connectivity index (χ2n) is 5.08. The summed E-state index contributed by atoms with van der Waals surface area (Å²) in [7, 11) is 1.63. The first kappa shape index (κ1) is 14.2. The SMILES string of the molecule is C=CCN1C(=O)c2ccccc2N[C@H]1c1ccccc1OC. The van der Waals surface area contributed by atoms with E-state index < -0.39 is 0 Å². The van der Waals surface area contributed by atoms with Gasteiger partial charge in [0.1, 0.15) is 11.9 Å². The number of rotatable bonds is 4. The van der Waals surface area contributed by atoms with Crippen LogP contribution in [0.3, 0.4) is 0 Å². The predicted molar refractivity (Wildman–Crippen MR) is 87.0 cm³/mol. The van der Waals surface area contributed by atoms with E-state index in [4.69, 9.17) is 4.74 Å². The first-order chi connectivity index (χ1) is 10.8. The van der Waals surface area contributed by atoms with E-state index in [1.165, 1.54) is 0 Å². The number of para-hydroxylation sites is 2. The van der Waals surface area contributed by atoms with Crippen molar-refractivity contribution in [2.45, 2.75) is 6.17 Å². The van der Waals surface area contributed by atoms with Gasteiger partial charge in [-0.2, -0.15) is 0 Å². The zero-order chi connectivity index (χ0) is 15.5. The van der Waals surface area contributed by atoms with Crippen LogP contribution in [0.15, 0.2) is 61.2 Å². The summed E-state index contributed by atoms with van der Waals surface area (Å²) in [6, 6.07) is 15.3. The number of amides is 1. The number of nitrogens with zero attached hydrogens (tertiary/aromatic N) is 1. The Morgan fingerprint density at radius 3 is 2.73 bits per heavy atom. The van der Waals surface area contributed by atoms with Crippen molar-refractivity contribution < 1.29 is 9.53 Å². The number of hydrogen-bond acceptors (Lipinski definition) is 3. The Hall–Kier alpha value is -2.75. The molecule has 2 aromatic carbocycles. The standard InChI is InChI=1S/C18H18N2O2/c1-3-12-20-17(14-9-5-7-11-16(14)22-2)19-15-10-6-4-8-13(15)18(20)21/h3-11,17,19H,1,12H2,2H3/t17-/m1/s1. The molecule has 1 N–H and O–H groups in total. The molecule has 112 valence electrons. The molecule has 0 aromatic heterocycles. The van der Waals surface area contributed by atoms with Gasteiger partial charge in [-0.1, -0.05) is 36.4 Å². The Balaban J connectivity index is 2.09. The molecule has 0 fully saturated rings. The monoisotopic (exact) mass is 294 g/mol. The van der Waals surface area contributed by atoms with Crippen LogP contribution in [0.5, 0.6) is 5.75 Å². The van der Waals surface area contributed by atoms with Gasteiger partial charge in [0, 0.05) is 17.8 Å². The minimum atomic E-state index is -0.281. The molecule has 0 bridgehead atoms. The third-order valence-corrected chi connectivity index (χ3v) is 3.78. The highest BCUT2D eigenvalue weighted by Crippen LogP contribution is 2.36. The van der Waals surface area contributed by atoms with Gasteiger partial charge in [-0.25, -0.2) is 0 Å². The lowest BCUT2D eigenvalue weighted by molar-refractivity contribution is 0.0706. The topological polar surface area (TPSA) is 41.6 Å². The van der Waals surface area contributed by atoms with Crippen LogP contribution in [0, 0.1) is 0 Å². The summed E-state index contributed by atoms with van der Waals surface area (Å²) in [5, 5.41) is 3.43. The van der Waals surface area contributed by atoms with E-state index >= 15 is 0 Å². The second-order valence-corrected chi connectivity index (χ2v) is 5.08. The number of nitrogens with one attached hydrogen (secondary N) is 1. The molecule has 0 unspecified atom stereocenters. The molecular formula is C18H18N2O2. The van der Waals surface area contributed by atoms with Gasteiger partial charge in [0.25, 0.3) is 5.91 Å². The van der Waals surface area contributed by atoms with Gasteiger partial charge >= 0.3 is 0 Å². The van der Waals surface area contributed by atoms with Crippen LogP contribution < -0.4 is 10.1 Å². The Morgan fingerprint density at radius 1 is 1.23 bits per heavy atom. The normalized spacial score (nSPS) is 16.7. The molecule has 1 heterocycles. The highest BCUT2D eigenvalue weighted by Gasteiger charge is 2.33. The summed E-state index contributed by atoms with van der Waals surface area (Å²) in [5.74, 6) is 0.742. The van der Waals surface area contributed by atoms with E-state index in [1.807, 2.05) is 48.5 Å². The highest BCUT2D eigenvalue weighted by molar-refractivity contribution is 6.01. The van der Waals surface area contributed by atoms with E-state index in [9.17, 15) is 4.79 Å². The molecule has 1 atom stereocenters. The van der Waals surface area contributed by atoms with Crippen molar-refractivity contribution in [3.63, 3.8) is 0 Å². The quantitative estimate of drug-likeness (QED) is 0.878. The molecule has 1 aliphatic rings. The summed E-state index contributed by atoms with van der Waals surface area (Å²) in [6.45, 7) is 4.22. The molecule has 0 spiro atoms. The van der Waals surface area contributed by atoms with Crippen molar-refractivity contribution in [2.24, 2.45) is 0 Å². The smallest absolute Gasteiger partial charge is 0.258 e. The average molecular weight is 294 g/mol. The van der Waals surface area contributed by atoms with Crippen LogP contribution in [-0.2, 0) is 0 Å². The van der Waals surface area contributed by atoms with Crippen LogP contribution in [0.1, 0.15) is 22.1 Å². The maximum Gasteiger partial charge on any atom is 0.258 e. The lowest BCUT2D eigenvalue weighted by Gasteiger charge is -2.38. The third kappa shape index (κ3) is 2.33. The Kier molecular flexibility index (Phi) is 3.83. The zero-order valence-electron chi connectivity index (χ0n) is 12.5. The van der Waals surface area contributed by atoms with Crippen LogP contribution in [-0.4, -0.2) is 24.5 Å². The van der Waals surface area contributed by atoms with Gasteiger partial charge < -0.3 is 15.0 Å². The van der Waals surface area contributed by atoms with Crippen molar-refractivity contribution >= 4 is 11.6 Å². The van der Waals surface area contributed by atoms with Gasteiger partial charge in [-0.15, -0.1) is 6.58 Å². The summed E-state index contributed by atoms with van der Waals surface area (Å²) in [5.41, 5.74) is 2.44. The summed E-state index contributed by atoms with van der Waals surface area (Å²) >= 11 is 0. The number of hydrogen-bond donors (Lipinski definition) is 1. The maximum absolute atomic E-state index is 12.8. The van der Waals surface area contributed by atoms with Crippen molar-refractivity contribution in [3.05, 3.63) is 72.3 Å². The van der Waals surface area contributed by atoms with E-state index in [0.717, 1.165) is 17.0 Å². The van der Waals surface area contributed by atoms with Crippen LogP contribution in [0.4, 0.5) is 5.69 Å². The number of benzene rings is 2. The van der Waals surface area contributed by atoms with Crippen molar-refractivity contribution in [2.75, 3.05) is 19.0 Å². The lowest BCUT2D eigenvalue weighted by atomic mass is 10.0. The van der Waals surface area contributed by atoms with Crippen molar-refractivity contribution in [3.8, 4) is 5.75 Å². The average Bonchev–Trinajstić information content (AvgIpc) is 2.57.